The SMILES string of the molecule is CCCCCCCCCCCCC/C=C/[C@@H](O)[C@@H](N)CO[C@@H]1OC(CO)[C@H](O[C@@H]2OC(CO)[C@H](O[C@@H]3OC(CO)[C@H](O)C(O)C3NC(C)=O)C(O[C@]3(C(=O)O)C[C@@H](O)[C@@H](NC(C)=O)C([C@H](O)[C@H](O)CO)O3)C2O)C(O)C1O. The smallest absolute Gasteiger partial charge is 0.364 e. The van der Waals surface area contributed by atoms with Crippen molar-refractivity contribution in [2.45, 2.75) is 245 Å². The number of ether oxygens (including phenoxy) is 8. The number of nitrogens with one attached hydrogen (secondary N) is 2. The molecule has 0 aliphatic carbocycles. The van der Waals surface area contributed by atoms with Gasteiger partial charge in [-0.05, 0) is 12.8 Å². The van der Waals surface area contributed by atoms with Gasteiger partial charge >= 0.3 is 5.97 Å². The number of aliphatic hydroxyl groups excluding tert-OH is 13. The van der Waals surface area contributed by atoms with Gasteiger partial charge in [0, 0.05) is 20.3 Å². The molecule has 28 heteroatoms. The van der Waals surface area contributed by atoms with E-state index in [1.54, 1.807) is 0 Å². The molecule has 4 aliphatic rings. The number of nitrogens with two attached hydrogens (primary N) is 1. The molecule has 4 fully saturated rings. The molecule has 0 saturated carbocycles. The van der Waals surface area contributed by atoms with Crippen LogP contribution < -0.4 is 16.4 Å². The Bertz CT molecular complexity index is 1780. The van der Waals surface area contributed by atoms with Crippen molar-refractivity contribution in [3.8, 4) is 0 Å². The fourth-order valence-corrected chi connectivity index (χ4v) is 9.78. The Morgan fingerprint density at radius 1 is 0.662 bits per heavy atom. The molecule has 23 atom stereocenters. The summed E-state index contributed by atoms with van der Waals surface area (Å²) in [5.74, 6) is -6.96. The highest BCUT2D eigenvalue weighted by Gasteiger charge is 2.61. The van der Waals surface area contributed by atoms with Gasteiger partial charge in [0.05, 0.1) is 57.3 Å². The van der Waals surface area contributed by atoms with Gasteiger partial charge in [0.25, 0.3) is 5.79 Å². The molecule has 4 aliphatic heterocycles. The van der Waals surface area contributed by atoms with Crippen LogP contribution in [0.15, 0.2) is 12.2 Å². The second kappa shape index (κ2) is 32.6. The molecule has 77 heavy (non-hydrogen) atoms. The van der Waals surface area contributed by atoms with E-state index in [0.717, 1.165) is 33.1 Å². The van der Waals surface area contributed by atoms with E-state index >= 15 is 0 Å². The number of allylic oxidation sites excluding steroid dienone is 1. The Kier molecular flexibility index (Phi) is 28.3. The number of unbranched alkanes of at least 4 members (excludes halogenated alkanes) is 11. The fraction of sp³-hybridized carbons (Fsp3) is 0.898. The van der Waals surface area contributed by atoms with E-state index in [-0.39, 0.29) is 0 Å². The molecule has 0 bridgehead atoms. The van der Waals surface area contributed by atoms with Gasteiger partial charge in [-0.15, -0.1) is 0 Å². The lowest BCUT2D eigenvalue weighted by Gasteiger charge is -2.52. The van der Waals surface area contributed by atoms with E-state index in [9.17, 15) is 85.9 Å². The number of carbonyl (C=O) groups is 3. The molecular formula is C49H87N3O25. The predicted molar refractivity (Wildman–Crippen MR) is 262 cm³/mol. The number of carboxylic acid groups (broad SMARTS) is 1. The zero-order valence-corrected chi connectivity index (χ0v) is 43.9. The normalized spacial score (nSPS) is 37.5. The molecule has 0 aromatic carbocycles. The first-order valence-electron chi connectivity index (χ1n) is 26.6. The minimum absolute atomic E-state index is 0.419. The average molecular weight is 1120 g/mol. The van der Waals surface area contributed by atoms with Crippen molar-refractivity contribution < 1.29 is 124 Å². The molecule has 4 heterocycles. The van der Waals surface area contributed by atoms with E-state index in [1.807, 2.05) is 6.08 Å². The Hall–Kier alpha value is -2.73. The monoisotopic (exact) mass is 1120 g/mol. The summed E-state index contributed by atoms with van der Waals surface area (Å²) < 4.78 is 46.8. The average Bonchev–Trinajstić information content (AvgIpc) is 3.40. The van der Waals surface area contributed by atoms with Crippen LogP contribution in [0.5, 0.6) is 0 Å². The highest BCUT2D eigenvalue weighted by atomic mass is 16.8. The minimum Gasteiger partial charge on any atom is -0.477 e. The van der Waals surface area contributed by atoms with E-state index in [0.29, 0.717) is 6.42 Å². The first-order chi connectivity index (χ1) is 36.6. The van der Waals surface area contributed by atoms with Crippen molar-refractivity contribution in [2.24, 2.45) is 5.73 Å². The Labute approximate surface area is 446 Å². The predicted octanol–water partition coefficient (Wildman–Crippen LogP) is -5.29. The number of carboxylic acids is 1. The van der Waals surface area contributed by atoms with E-state index in [1.165, 1.54) is 57.4 Å². The highest BCUT2D eigenvalue weighted by Crippen LogP contribution is 2.40. The lowest BCUT2D eigenvalue weighted by molar-refractivity contribution is -0.400. The van der Waals surface area contributed by atoms with E-state index in [4.69, 9.17) is 43.6 Å². The van der Waals surface area contributed by atoms with Crippen molar-refractivity contribution in [1.82, 2.24) is 10.6 Å². The van der Waals surface area contributed by atoms with Gasteiger partial charge in [-0.2, -0.15) is 0 Å². The first kappa shape index (κ1) is 66.8. The van der Waals surface area contributed by atoms with Gasteiger partial charge < -0.3 is 126 Å². The standard InChI is InChI=1S/C49H87N3O25/c1-4-5-6-7-8-9-10-11-12-13-14-15-16-17-27(59)26(50)23-70-46-39(66)38(65)41(31(21-55)72-46)74-47-40(67)44(42(32(22-56)73-47)75-45-34(52-25(3)58)37(64)36(63)30(20-54)71-45)77-49(48(68)69)18-28(60)33(51-24(2)57)43(76-49)35(62)29(61)19-53/h16-17,26-47,53-56,59-67H,4-15,18-23,50H2,1-3H3,(H,51,57)(H,52,58)(H,68,69)/b17-16+/t26-,27+,28+,29+,30?,31?,32?,33+,34?,35+,36-,37?,38?,39?,40?,41-,42-,43?,44?,45-,46+,47-,49-/m0/s1. The van der Waals surface area contributed by atoms with Crippen LogP contribution in [0.25, 0.3) is 0 Å². The highest BCUT2D eigenvalue weighted by molar-refractivity contribution is 5.76. The number of aliphatic carboxylic acids is 1. The van der Waals surface area contributed by atoms with Crippen LogP contribution in [0.2, 0.25) is 0 Å². The van der Waals surface area contributed by atoms with Gasteiger partial charge in [-0.3, -0.25) is 9.59 Å². The zero-order valence-electron chi connectivity index (χ0n) is 43.9. The molecule has 10 unspecified atom stereocenters. The molecular weight excluding hydrogens is 1030 g/mol. The van der Waals surface area contributed by atoms with Crippen LogP contribution in [0.4, 0.5) is 0 Å². The molecule has 448 valence electrons. The number of rotatable bonds is 32. The van der Waals surface area contributed by atoms with E-state index in [2.05, 4.69) is 17.6 Å². The third kappa shape index (κ3) is 18.4. The first-order valence-corrected chi connectivity index (χ1v) is 26.6. The van der Waals surface area contributed by atoms with Gasteiger partial charge in [-0.25, -0.2) is 4.79 Å². The maximum absolute atomic E-state index is 13.4. The van der Waals surface area contributed by atoms with Gasteiger partial charge in [0.1, 0.15) is 91.5 Å². The van der Waals surface area contributed by atoms with Crippen LogP contribution in [0.1, 0.15) is 104 Å². The number of hydrogen-bond acceptors (Lipinski definition) is 25. The van der Waals surface area contributed by atoms with Gasteiger partial charge in [0.2, 0.25) is 11.8 Å². The van der Waals surface area contributed by atoms with Gasteiger partial charge in [0.15, 0.2) is 18.9 Å². The largest absolute Gasteiger partial charge is 0.477 e. The van der Waals surface area contributed by atoms with Crippen LogP contribution in [-0.2, 0) is 52.3 Å². The summed E-state index contributed by atoms with van der Waals surface area (Å²) in [6, 6.07) is -4.43. The van der Waals surface area contributed by atoms with Crippen molar-refractivity contribution in [3.05, 3.63) is 12.2 Å². The summed E-state index contributed by atoms with van der Waals surface area (Å²) in [7, 11) is 0. The molecule has 2 amide bonds. The molecule has 0 spiro atoms. The van der Waals surface area contributed by atoms with Crippen molar-refractivity contribution in [1.29, 1.82) is 0 Å². The second-order valence-corrected chi connectivity index (χ2v) is 20.3. The van der Waals surface area contributed by atoms with Crippen LogP contribution in [0.3, 0.4) is 0 Å². The Balaban J connectivity index is 1.56. The molecule has 0 radical (unpaired) electrons. The quantitative estimate of drug-likeness (QED) is 0.0221. The third-order valence-corrected chi connectivity index (χ3v) is 14.2. The summed E-state index contributed by atoms with van der Waals surface area (Å²) in [5, 5.41) is 157. The summed E-state index contributed by atoms with van der Waals surface area (Å²) in [4.78, 5) is 37.9. The van der Waals surface area contributed by atoms with Crippen molar-refractivity contribution >= 4 is 17.8 Å². The molecule has 0 aromatic rings. The molecule has 28 nitrogen and oxygen atoms in total. The van der Waals surface area contributed by atoms with Gasteiger partial charge in [-0.1, -0.05) is 83.3 Å². The second-order valence-electron chi connectivity index (χ2n) is 20.3. The molecule has 18 N–H and O–H groups in total. The Morgan fingerprint density at radius 3 is 1.75 bits per heavy atom. The van der Waals surface area contributed by atoms with Crippen molar-refractivity contribution in [2.75, 3.05) is 33.0 Å². The number of amides is 2. The summed E-state index contributed by atoms with van der Waals surface area (Å²) in [6.45, 7) is -0.373. The zero-order chi connectivity index (χ0) is 57.1. The van der Waals surface area contributed by atoms with Crippen LogP contribution >= 0.6 is 0 Å². The topological polar surface area (TPSA) is 458 Å². The maximum Gasteiger partial charge on any atom is 0.364 e. The number of carbonyl (C=O) groups excluding carboxylic acids is 2. The number of hydrogen-bond donors (Lipinski definition) is 17. The minimum atomic E-state index is -3.25. The molecule has 0 aromatic heterocycles. The lowest BCUT2D eigenvalue weighted by Crippen LogP contribution is -2.72. The summed E-state index contributed by atoms with van der Waals surface area (Å²) in [6.07, 6.45) is -21.1. The molecule has 4 rings (SSSR count). The lowest BCUT2D eigenvalue weighted by atomic mass is 9.88. The fourth-order valence-electron chi connectivity index (χ4n) is 9.78. The summed E-state index contributed by atoms with van der Waals surface area (Å²) in [5.41, 5.74) is 6.17. The Morgan fingerprint density at radius 2 is 1.19 bits per heavy atom. The van der Waals surface area contributed by atoms with Crippen LogP contribution in [0, 0.1) is 0 Å². The van der Waals surface area contributed by atoms with E-state index < -0.39 is 198 Å². The third-order valence-electron chi connectivity index (χ3n) is 14.2. The molecule has 4 saturated heterocycles. The van der Waals surface area contributed by atoms with Crippen molar-refractivity contribution in [3.63, 3.8) is 0 Å². The maximum atomic E-state index is 13.4. The summed E-state index contributed by atoms with van der Waals surface area (Å²) >= 11 is 0. The van der Waals surface area contributed by atoms with Crippen LogP contribution in [-0.4, -0.2) is 263 Å². The number of aliphatic hydroxyl groups is 13.